The van der Waals surface area contributed by atoms with E-state index in [4.69, 9.17) is 0 Å². The Bertz CT molecular complexity index is 922. The number of rotatable bonds is 4. The molecule has 0 unspecified atom stereocenters. The summed E-state index contributed by atoms with van der Waals surface area (Å²) in [5, 5.41) is 4.01. The normalized spacial score (nSPS) is 14.7. The van der Waals surface area contributed by atoms with Crippen molar-refractivity contribution in [3.8, 4) is 11.4 Å². The van der Waals surface area contributed by atoms with Gasteiger partial charge in [-0.1, -0.05) is 6.42 Å². The van der Waals surface area contributed by atoms with Crippen LogP contribution in [0.3, 0.4) is 0 Å². The lowest BCUT2D eigenvalue weighted by atomic mass is 9.85. The van der Waals surface area contributed by atoms with Crippen LogP contribution in [0, 0.1) is 5.92 Å². The van der Waals surface area contributed by atoms with Crippen molar-refractivity contribution in [1.82, 2.24) is 25.6 Å². The van der Waals surface area contributed by atoms with Crippen molar-refractivity contribution in [2.75, 3.05) is 0 Å². The number of nitrogens with zero attached hydrogens (tertiary/aromatic N) is 3. The van der Waals surface area contributed by atoms with Crippen molar-refractivity contribution in [3.05, 3.63) is 36.2 Å². The molecule has 7 nitrogen and oxygen atoms in total. The number of halogens is 3. The van der Waals surface area contributed by atoms with Crippen LogP contribution in [0.4, 0.5) is 13.2 Å². The average Bonchev–Trinajstić information content (AvgIpc) is 3.04. The summed E-state index contributed by atoms with van der Waals surface area (Å²) >= 11 is 3.98. The molecule has 1 aromatic heterocycles. The maximum atomic E-state index is 12.9. The number of hydrogen-bond donors (Lipinski definition) is 3. The molecule has 0 saturated heterocycles. The van der Waals surface area contributed by atoms with Crippen LogP contribution in [-0.2, 0) is 15.8 Å². The van der Waals surface area contributed by atoms with Gasteiger partial charge in [-0.25, -0.2) is 9.67 Å². The monoisotopic (exact) mass is 411 g/mol. The number of amides is 2. The highest BCUT2D eigenvalue weighted by atomic mass is 32.1. The summed E-state index contributed by atoms with van der Waals surface area (Å²) in [5.74, 6) is -0.833. The first kappa shape index (κ1) is 19.9. The predicted molar refractivity (Wildman–Crippen MR) is 96.7 cm³/mol. The first-order valence-corrected chi connectivity index (χ1v) is 8.78. The highest BCUT2D eigenvalue weighted by molar-refractivity contribution is 7.80. The summed E-state index contributed by atoms with van der Waals surface area (Å²) in [6, 6.07) is 3.24. The summed E-state index contributed by atoms with van der Waals surface area (Å²) in [5.41, 5.74) is 3.86. The molecule has 2 aromatic rings. The van der Waals surface area contributed by atoms with Gasteiger partial charge in [0.2, 0.25) is 5.91 Å². The van der Waals surface area contributed by atoms with Gasteiger partial charge in [0.25, 0.3) is 5.91 Å². The van der Waals surface area contributed by atoms with Crippen LogP contribution in [0.25, 0.3) is 17.6 Å². The zero-order valence-corrected chi connectivity index (χ0v) is 15.3. The van der Waals surface area contributed by atoms with Crippen LogP contribution in [0.1, 0.15) is 24.8 Å². The Morgan fingerprint density at radius 3 is 2.61 bits per heavy atom. The molecule has 1 fully saturated rings. The van der Waals surface area contributed by atoms with Crippen molar-refractivity contribution in [3.63, 3.8) is 0 Å². The van der Waals surface area contributed by atoms with Gasteiger partial charge in [-0.2, -0.15) is 13.2 Å². The van der Waals surface area contributed by atoms with E-state index in [0.717, 1.165) is 37.5 Å². The molecule has 1 aliphatic carbocycles. The van der Waals surface area contributed by atoms with Crippen LogP contribution in [0.15, 0.2) is 35.5 Å². The van der Waals surface area contributed by atoms with Crippen molar-refractivity contribution in [2.24, 2.45) is 5.92 Å². The molecule has 2 amide bonds. The van der Waals surface area contributed by atoms with E-state index in [1.54, 1.807) is 0 Å². The fourth-order valence-electron chi connectivity index (χ4n) is 2.46. The first-order chi connectivity index (χ1) is 13.2. The van der Waals surface area contributed by atoms with Crippen LogP contribution >= 0.6 is 12.6 Å². The van der Waals surface area contributed by atoms with E-state index in [-0.39, 0.29) is 28.1 Å². The molecule has 3 rings (SSSR count). The molecule has 11 heteroatoms. The van der Waals surface area contributed by atoms with Crippen molar-refractivity contribution < 1.29 is 22.8 Å². The minimum absolute atomic E-state index is 0.0461. The Labute approximate surface area is 163 Å². The van der Waals surface area contributed by atoms with E-state index in [1.165, 1.54) is 23.3 Å². The van der Waals surface area contributed by atoms with E-state index in [9.17, 15) is 22.8 Å². The first-order valence-electron chi connectivity index (χ1n) is 8.33. The molecule has 0 bridgehead atoms. The van der Waals surface area contributed by atoms with E-state index in [0.29, 0.717) is 0 Å². The highest BCUT2D eigenvalue weighted by Crippen LogP contribution is 2.33. The Morgan fingerprint density at radius 1 is 1.21 bits per heavy atom. The highest BCUT2D eigenvalue weighted by Gasteiger charge is 2.31. The van der Waals surface area contributed by atoms with Crippen molar-refractivity contribution in [1.29, 1.82) is 0 Å². The third kappa shape index (κ3) is 4.91. The zero-order valence-electron chi connectivity index (χ0n) is 14.4. The maximum Gasteiger partial charge on any atom is 0.416 e. The lowest BCUT2D eigenvalue weighted by Crippen LogP contribution is -2.45. The van der Waals surface area contributed by atoms with Crippen molar-refractivity contribution in [2.45, 2.75) is 30.3 Å². The Morgan fingerprint density at radius 2 is 1.96 bits per heavy atom. The van der Waals surface area contributed by atoms with Gasteiger partial charge in [-0.05, 0) is 31.0 Å². The molecule has 0 spiro atoms. The number of hydrogen-bond acceptors (Lipinski definition) is 5. The molecule has 1 saturated carbocycles. The third-order valence-corrected chi connectivity index (χ3v) is 4.43. The van der Waals surface area contributed by atoms with E-state index in [1.807, 2.05) is 0 Å². The molecule has 1 aromatic carbocycles. The van der Waals surface area contributed by atoms with E-state index >= 15 is 0 Å². The van der Waals surface area contributed by atoms with Crippen LogP contribution in [0.2, 0.25) is 0 Å². The fourth-order valence-corrected chi connectivity index (χ4v) is 2.74. The smallest absolute Gasteiger partial charge is 0.273 e. The van der Waals surface area contributed by atoms with Gasteiger partial charge in [-0.3, -0.25) is 20.4 Å². The summed E-state index contributed by atoms with van der Waals surface area (Å²) in [6.07, 6.45) is 1.71. The standard InChI is InChI=1S/C17H16F3N5O2S/c18-17(19,20)12-6-11(7-13(28)8-12)15-21-9-25(24-15)5-4-14(26)22-23-16(27)10-2-1-3-10/h4-10,28H,1-3H2,(H,22,26)(H,23,27)/b5-4-. The fraction of sp³-hybridized carbons (Fsp3) is 0.294. The number of alkyl halides is 3. The second-order valence-corrected chi connectivity index (χ2v) is 6.75. The van der Waals surface area contributed by atoms with E-state index < -0.39 is 17.6 Å². The number of carbonyl (C=O) groups excluding carboxylic acids is 2. The second-order valence-electron chi connectivity index (χ2n) is 6.24. The van der Waals surface area contributed by atoms with Crippen LogP contribution < -0.4 is 10.9 Å². The predicted octanol–water partition coefficient (Wildman–Crippen LogP) is 2.67. The van der Waals surface area contributed by atoms with Gasteiger partial charge >= 0.3 is 6.18 Å². The summed E-state index contributed by atoms with van der Waals surface area (Å²) in [7, 11) is 0. The maximum absolute atomic E-state index is 12.9. The molecule has 148 valence electrons. The van der Waals surface area contributed by atoms with Gasteiger partial charge in [0, 0.05) is 28.7 Å². The minimum Gasteiger partial charge on any atom is -0.273 e. The molecule has 1 heterocycles. The molecular weight excluding hydrogens is 395 g/mol. The molecule has 2 N–H and O–H groups in total. The molecule has 0 radical (unpaired) electrons. The zero-order chi connectivity index (χ0) is 20.3. The minimum atomic E-state index is -4.52. The van der Waals surface area contributed by atoms with Crippen molar-refractivity contribution >= 4 is 30.6 Å². The van der Waals surface area contributed by atoms with Gasteiger partial charge in [0.05, 0.1) is 5.56 Å². The number of nitrogens with one attached hydrogen (secondary N) is 2. The summed E-state index contributed by atoms with van der Waals surface area (Å²) in [6.45, 7) is 0. The van der Waals surface area contributed by atoms with Gasteiger partial charge < -0.3 is 0 Å². The van der Waals surface area contributed by atoms with Gasteiger partial charge in [-0.15, -0.1) is 17.7 Å². The van der Waals surface area contributed by atoms with Crippen LogP contribution in [-0.4, -0.2) is 26.6 Å². The summed E-state index contributed by atoms with van der Waals surface area (Å²) in [4.78, 5) is 27.4. The summed E-state index contributed by atoms with van der Waals surface area (Å²) < 4.78 is 39.9. The Hall–Kier alpha value is -2.82. The third-order valence-electron chi connectivity index (χ3n) is 4.18. The molecule has 28 heavy (non-hydrogen) atoms. The molecule has 1 aliphatic rings. The van der Waals surface area contributed by atoms with E-state index in [2.05, 4.69) is 33.6 Å². The quantitative estimate of drug-likeness (QED) is 0.410. The van der Waals surface area contributed by atoms with Gasteiger partial charge in [0.1, 0.15) is 6.33 Å². The SMILES string of the molecule is O=C(/C=C\n1cnc(-c2cc(S)cc(C(F)(F)F)c2)n1)NNC(=O)C1CCC1. The largest absolute Gasteiger partial charge is 0.416 e. The average molecular weight is 411 g/mol. The van der Waals surface area contributed by atoms with Crippen LogP contribution in [0.5, 0.6) is 0 Å². The second kappa shape index (κ2) is 8.05. The number of hydrazine groups is 1. The Kier molecular flexibility index (Phi) is 5.73. The molecular formula is C17H16F3N5O2S. The number of thiol groups is 1. The lowest BCUT2D eigenvalue weighted by Gasteiger charge is -2.23. The number of benzene rings is 1. The topological polar surface area (TPSA) is 88.9 Å². The molecule has 0 aliphatic heterocycles. The Balaban J connectivity index is 1.64. The van der Waals surface area contributed by atoms with Gasteiger partial charge in [0.15, 0.2) is 5.82 Å². The number of carbonyl (C=O) groups is 2. The number of aromatic nitrogens is 3. The lowest BCUT2D eigenvalue weighted by molar-refractivity contribution is -0.137. The molecule has 0 atom stereocenters.